The van der Waals surface area contributed by atoms with Gasteiger partial charge in [0.05, 0.1) is 24.7 Å². The number of hydrogen-bond acceptors (Lipinski definition) is 19. The van der Waals surface area contributed by atoms with Gasteiger partial charge in [0.1, 0.15) is 48.3 Å². The molecular weight excluding hydrogens is 1060 g/mol. The summed E-state index contributed by atoms with van der Waals surface area (Å²) in [6.45, 7) is 4.93. The van der Waals surface area contributed by atoms with Crippen molar-refractivity contribution in [1.82, 2.24) is 58.5 Å². The summed E-state index contributed by atoms with van der Waals surface area (Å²) in [6, 6.07) is -4.90. The largest absolute Gasteiger partial charge is 0.481 e. The molecule has 0 radical (unpaired) electrons. The van der Waals surface area contributed by atoms with Crippen LogP contribution >= 0.6 is 0 Å². The summed E-state index contributed by atoms with van der Waals surface area (Å²) in [5.41, 5.74) is 29.9. The molecule has 456 valence electrons. The van der Waals surface area contributed by atoms with Crippen molar-refractivity contribution in [3.05, 3.63) is 35.9 Å². The van der Waals surface area contributed by atoms with E-state index < -0.39 is 151 Å². The van der Waals surface area contributed by atoms with Crippen molar-refractivity contribution >= 4 is 65.0 Å². The standard InChI is InChI=1S/C51H88N16O14/c1-27(2)24-37-48(78)62-35(15-21-55)45(75)61-36(16-22-56)47(77)66-41(28(3)68)50(80)57-23-17-31(26-58-32(12-18-52)43(73)65-38(49(79)64-37)25-30-8-6-5-7-9-30)59-44(74)34(14-20-54)63-51(81)42(29(4)69)67-46(76)33(13-19-53)60-39(70)10-11-40(71)72/h5-9,27-29,31-38,41-42,58,68-69H,10-26,52-56H2,1-4H3,(H,57,80)(H,59,74)(H,60,70)(H,61,75)(H,62,78)(H,63,81)(H,64,79)(H,65,73)(H,66,77)(H,67,76)(H,71,72)/t28-,29?,31-,32-,33-,34-,35-,36-,37-,38+,41-,42-/m0/s1. The maximum absolute atomic E-state index is 14.4. The average Bonchev–Trinajstić information content (AvgIpc) is 3.42. The van der Waals surface area contributed by atoms with Crippen LogP contribution in [0.5, 0.6) is 0 Å². The number of hydrogen-bond donors (Lipinski definition) is 19. The lowest BCUT2D eigenvalue weighted by molar-refractivity contribution is -0.139. The van der Waals surface area contributed by atoms with Gasteiger partial charge in [-0.2, -0.15) is 0 Å². The molecule has 10 amide bonds. The molecule has 12 atom stereocenters. The topological polar surface area (TPSA) is 511 Å². The highest BCUT2D eigenvalue weighted by molar-refractivity contribution is 5.98. The van der Waals surface area contributed by atoms with Crippen molar-refractivity contribution in [3.63, 3.8) is 0 Å². The number of carboxylic acids is 1. The molecule has 24 N–H and O–H groups in total. The van der Waals surface area contributed by atoms with Crippen LogP contribution in [-0.4, -0.2) is 199 Å². The number of aliphatic hydroxyl groups excluding tert-OH is 2. The molecule has 1 aliphatic heterocycles. The van der Waals surface area contributed by atoms with E-state index in [4.69, 9.17) is 33.8 Å². The third-order valence-electron chi connectivity index (χ3n) is 12.8. The minimum absolute atomic E-state index is 0.0245. The van der Waals surface area contributed by atoms with Gasteiger partial charge in [-0.25, -0.2) is 0 Å². The predicted molar refractivity (Wildman–Crippen MR) is 295 cm³/mol. The Morgan fingerprint density at radius 3 is 1.63 bits per heavy atom. The van der Waals surface area contributed by atoms with Crippen LogP contribution in [0, 0.1) is 5.92 Å². The lowest BCUT2D eigenvalue weighted by Gasteiger charge is -2.29. The number of nitrogens with one attached hydrogen (secondary N) is 11. The highest BCUT2D eigenvalue weighted by atomic mass is 16.4. The van der Waals surface area contributed by atoms with Crippen LogP contribution in [0.15, 0.2) is 30.3 Å². The van der Waals surface area contributed by atoms with Gasteiger partial charge in [0.15, 0.2) is 0 Å². The molecule has 1 unspecified atom stereocenters. The molecule has 0 spiro atoms. The normalized spacial score (nSPS) is 23.0. The number of carboxylic acid groups (broad SMARTS) is 1. The molecule has 1 fully saturated rings. The summed E-state index contributed by atoms with van der Waals surface area (Å²) in [6.07, 6.45) is -4.82. The Labute approximate surface area is 471 Å². The highest BCUT2D eigenvalue weighted by Gasteiger charge is 2.36. The van der Waals surface area contributed by atoms with Crippen molar-refractivity contribution in [2.24, 2.45) is 34.6 Å². The zero-order valence-electron chi connectivity index (χ0n) is 46.6. The molecule has 1 heterocycles. The number of aliphatic hydroxyl groups is 2. The molecular formula is C51H88N16O14. The van der Waals surface area contributed by atoms with E-state index in [0.29, 0.717) is 5.56 Å². The third kappa shape index (κ3) is 25.6. The number of rotatable bonds is 26. The number of amides is 10. The van der Waals surface area contributed by atoms with Crippen molar-refractivity contribution in [2.45, 2.75) is 165 Å². The third-order valence-corrected chi connectivity index (χ3v) is 12.8. The summed E-state index contributed by atoms with van der Waals surface area (Å²) in [4.78, 5) is 149. The van der Waals surface area contributed by atoms with Crippen LogP contribution < -0.4 is 87.2 Å². The lowest BCUT2D eigenvalue weighted by atomic mass is 10.00. The molecule has 30 nitrogen and oxygen atoms in total. The molecule has 1 aromatic carbocycles. The van der Waals surface area contributed by atoms with Gasteiger partial charge >= 0.3 is 5.97 Å². The van der Waals surface area contributed by atoms with Crippen LogP contribution in [-0.2, 0) is 59.2 Å². The van der Waals surface area contributed by atoms with Crippen molar-refractivity contribution in [2.75, 3.05) is 45.8 Å². The fraction of sp³-hybridized carbons (Fsp3) is 0.667. The van der Waals surface area contributed by atoms with Crippen molar-refractivity contribution in [3.8, 4) is 0 Å². The molecule has 30 heteroatoms. The summed E-state index contributed by atoms with van der Waals surface area (Å²) in [5, 5.41) is 59.2. The van der Waals surface area contributed by atoms with Crippen LogP contribution in [0.2, 0.25) is 0 Å². The second kappa shape index (κ2) is 37.2. The van der Waals surface area contributed by atoms with E-state index in [0.717, 1.165) is 0 Å². The van der Waals surface area contributed by atoms with Crippen LogP contribution in [0.4, 0.5) is 0 Å². The van der Waals surface area contributed by atoms with E-state index in [1.807, 2.05) is 0 Å². The Hall–Kier alpha value is -6.93. The van der Waals surface area contributed by atoms with E-state index in [1.54, 1.807) is 44.2 Å². The maximum Gasteiger partial charge on any atom is 0.303 e. The first kappa shape index (κ1) is 70.2. The van der Waals surface area contributed by atoms with Gasteiger partial charge in [-0.1, -0.05) is 44.2 Å². The van der Waals surface area contributed by atoms with Gasteiger partial charge in [0.25, 0.3) is 0 Å². The fourth-order valence-electron chi connectivity index (χ4n) is 8.44. The maximum atomic E-state index is 14.4. The molecule has 1 aliphatic rings. The fourth-order valence-corrected chi connectivity index (χ4v) is 8.44. The number of nitrogens with two attached hydrogens (primary N) is 5. The smallest absolute Gasteiger partial charge is 0.303 e. The molecule has 2 rings (SSSR count). The molecule has 0 aliphatic carbocycles. The second-order valence-electron chi connectivity index (χ2n) is 20.2. The highest BCUT2D eigenvalue weighted by Crippen LogP contribution is 2.11. The Morgan fingerprint density at radius 1 is 0.593 bits per heavy atom. The van der Waals surface area contributed by atoms with E-state index in [2.05, 4.69) is 58.5 Å². The first-order valence-corrected chi connectivity index (χ1v) is 27.2. The number of benzene rings is 1. The van der Waals surface area contributed by atoms with Gasteiger partial charge in [-0.15, -0.1) is 0 Å². The number of carbonyl (C=O) groups excluding carboxylic acids is 10. The van der Waals surface area contributed by atoms with Crippen molar-refractivity contribution < 1.29 is 68.1 Å². The second-order valence-corrected chi connectivity index (χ2v) is 20.2. The number of carbonyl (C=O) groups is 11. The van der Waals surface area contributed by atoms with Crippen LogP contribution in [0.1, 0.15) is 91.0 Å². The van der Waals surface area contributed by atoms with Crippen LogP contribution in [0.3, 0.4) is 0 Å². The Kier molecular flexibility index (Phi) is 32.2. The molecule has 1 aromatic rings. The average molecular weight is 1150 g/mol. The van der Waals surface area contributed by atoms with Gasteiger partial charge in [-0.3, -0.25) is 52.7 Å². The summed E-state index contributed by atoms with van der Waals surface area (Å²) >= 11 is 0. The summed E-state index contributed by atoms with van der Waals surface area (Å²) < 4.78 is 0. The minimum atomic E-state index is -1.72. The summed E-state index contributed by atoms with van der Waals surface area (Å²) in [5.74, 6) is -10.0. The van der Waals surface area contributed by atoms with Crippen LogP contribution in [0.25, 0.3) is 0 Å². The van der Waals surface area contributed by atoms with E-state index in [9.17, 15) is 63.0 Å². The van der Waals surface area contributed by atoms with E-state index in [-0.39, 0.29) is 103 Å². The van der Waals surface area contributed by atoms with E-state index >= 15 is 0 Å². The predicted octanol–water partition coefficient (Wildman–Crippen LogP) is -7.51. The zero-order valence-corrected chi connectivity index (χ0v) is 46.6. The minimum Gasteiger partial charge on any atom is -0.481 e. The van der Waals surface area contributed by atoms with Gasteiger partial charge < -0.3 is 102 Å². The monoisotopic (exact) mass is 1150 g/mol. The van der Waals surface area contributed by atoms with Gasteiger partial charge in [0.2, 0.25) is 59.1 Å². The van der Waals surface area contributed by atoms with E-state index in [1.165, 1.54) is 13.8 Å². The molecule has 0 saturated carbocycles. The molecule has 1 saturated heterocycles. The van der Waals surface area contributed by atoms with Gasteiger partial charge in [0, 0.05) is 32.0 Å². The Balaban J connectivity index is 2.67. The van der Waals surface area contributed by atoms with Crippen molar-refractivity contribution in [1.29, 1.82) is 0 Å². The quantitative estimate of drug-likeness (QED) is 0.0410. The first-order chi connectivity index (χ1) is 38.4. The molecule has 0 aromatic heterocycles. The Bertz CT molecular complexity index is 2230. The lowest BCUT2D eigenvalue weighted by Crippen LogP contribution is -2.61. The molecule has 0 bridgehead atoms. The SMILES string of the molecule is CC(C)C[C@@H]1NC(=O)[C@@H](Cc2ccccc2)NC(=O)[C@H](CCN)NC[C@@H](NC(=O)[C@H](CCN)NC(=O)[C@@H](NC(=O)[C@H](CCN)NC(=O)CCC(=O)O)C(C)O)CCNC(=O)[C@H]([C@H](C)O)NC(=O)[C@H](CCN)NC(=O)[C@H](CCN)NC1=O. The summed E-state index contributed by atoms with van der Waals surface area (Å²) in [7, 11) is 0. The Morgan fingerprint density at radius 2 is 1.10 bits per heavy atom. The van der Waals surface area contributed by atoms with Gasteiger partial charge in [-0.05, 0) is 103 Å². The number of aliphatic carboxylic acids is 1. The zero-order chi connectivity index (χ0) is 60.8. The first-order valence-electron chi connectivity index (χ1n) is 27.2. The molecule has 81 heavy (non-hydrogen) atoms.